The summed E-state index contributed by atoms with van der Waals surface area (Å²) < 4.78 is 1.80. The van der Waals surface area contributed by atoms with Gasteiger partial charge in [0.1, 0.15) is 11.6 Å². The Labute approximate surface area is 159 Å². The molecule has 1 aliphatic carbocycles. The van der Waals surface area contributed by atoms with Gasteiger partial charge in [0.05, 0.1) is 12.5 Å². The van der Waals surface area contributed by atoms with Gasteiger partial charge in [0.2, 0.25) is 5.91 Å². The van der Waals surface area contributed by atoms with Crippen molar-refractivity contribution < 1.29 is 4.79 Å². The third-order valence-corrected chi connectivity index (χ3v) is 5.49. The molecule has 2 N–H and O–H groups in total. The van der Waals surface area contributed by atoms with E-state index < -0.39 is 0 Å². The van der Waals surface area contributed by atoms with Crippen molar-refractivity contribution in [2.24, 2.45) is 5.92 Å². The number of rotatable bonds is 5. The lowest BCUT2D eigenvalue weighted by molar-refractivity contribution is -0.125. The van der Waals surface area contributed by atoms with Gasteiger partial charge in [0.15, 0.2) is 0 Å². The number of aromatic nitrogens is 4. The van der Waals surface area contributed by atoms with E-state index in [0.29, 0.717) is 13.1 Å². The summed E-state index contributed by atoms with van der Waals surface area (Å²) in [6, 6.07) is 6.46. The van der Waals surface area contributed by atoms with Crippen LogP contribution >= 0.6 is 0 Å². The van der Waals surface area contributed by atoms with Crippen molar-refractivity contribution in [1.82, 2.24) is 25.1 Å². The van der Waals surface area contributed by atoms with Crippen molar-refractivity contribution in [2.75, 3.05) is 0 Å². The molecule has 0 radical (unpaired) electrons. The lowest BCUT2D eigenvalue weighted by atomic mass is 9.95. The minimum absolute atomic E-state index is 0.0405. The first-order valence-electron chi connectivity index (χ1n) is 9.79. The molecule has 6 nitrogen and oxygen atoms in total. The molecule has 0 bridgehead atoms. The van der Waals surface area contributed by atoms with Crippen LogP contribution < -0.4 is 5.32 Å². The van der Waals surface area contributed by atoms with E-state index in [1.165, 1.54) is 35.0 Å². The molecule has 1 aliphatic rings. The lowest BCUT2D eigenvalue weighted by Crippen LogP contribution is -2.31. The number of carbonyl (C=O) groups is 1. The molecule has 1 unspecified atom stereocenters. The van der Waals surface area contributed by atoms with Crippen LogP contribution in [0.1, 0.15) is 48.2 Å². The van der Waals surface area contributed by atoms with Crippen molar-refractivity contribution in [1.29, 1.82) is 0 Å². The van der Waals surface area contributed by atoms with Crippen LogP contribution in [0.15, 0.2) is 18.2 Å². The number of nitrogens with zero attached hydrogens (tertiary/aromatic N) is 3. The topological polar surface area (TPSA) is 75.6 Å². The molecule has 2 aromatic heterocycles. The maximum absolute atomic E-state index is 12.5. The minimum atomic E-state index is -0.159. The van der Waals surface area contributed by atoms with Gasteiger partial charge in [-0.3, -0.25) is 4.79 Å². The second-order valence-electron chi connectivity index (χ2n) is 7.68. The minimum Gasteiger partial charge on any atom is -0.358 e. The van der Waals surface area contributed by atoms with E-state index in [4.69, 9.17) is 0 Å². The average Bonchev–Trinajstić information content (AvgIpc) is 3.18. The van der Waals surface area contributed by atoms with Gasteiger partial charge >= 0.3 is 0 Å². The summed E-state index contributed by atoms with van der Waals surface area (Å²) in [4.78, 5) is 20.4. The Bertz CT molecular complexity index is 984. The molecular weight excluding hydrogens is 338 g/mol. The highest BCUT2D eigenvalue weighted by Crippen LogP contribution is 2.29. The van der Waals surface area contributed by atoms with Crippen LogP contribution in [-0.4, -0.2) is 25.7 Å². The molecule has 0 spiro atoms. The summed E-state index contributed by atoms with van der Waals surface area (Å²) in [6.45, 7) is 6.80. The average molecular weight is 365 g/mol. The van der Waals surface area contributed by atoms with Crippen molar-refractivity contribution in [3.05, 3.63) is 46.7 Å². The van der Waals surface area contributed by atoms with Gasteiger partial charge in [-0.25, -0.2) is 9.67 Å². The van der Waals surface area contributed by atoms with Crippen LogP contribution in [-0.2, 0) is 30.7 Å². The van der Waals surface area contributed by atoms with Gasteiger partial charge in [0, 0.05) is 23.1 Å². The number of aromatic amines is 1. The maximum Gasteiger partial charge on any atom is 0.224 e. The molecule has 0 saturated heterocycles. The Morgan fingerprint density at radius 3 is 2.89 bits per heavy atom. The zero-order valence-electron chi connectivity index (χ0n) is 16.3. The fourth-order valence-corrected chi connectivity index (χ4v) is 4.00. The molecular formula is C21H27N5O. The van der Waals surface area contributed by atoms with Crippen LogP contribution in [0.5, 0.6) is 0 Å². The summed E-state index contributed by atoms with van der Waals surface area (Å²) in [7, 11) is 0. The van der Waals surface area contributed by atoms with E-state index >= 15 is 0 Å². The monoisotopic (exact) mass is 365 g/mol. The Balaban J connectivity index is 1.41. The summed E-state index contributed by atoms with van der Waals surface area (Å²) >= 11 is 0. The normalized spacial score (nSPS) is 14.9. The Morgan fingerprint density at radius 2 is 2.11 bits per heavy atom. The maximum atomic E-state index is 12.5. The second kappa shape index (κ2) is 7.18. The summed E-state index contributed by atoms with van der Waals surface area (Å²) in [6.07, 6.45) is 4.83. The van der Waals surface area contributed by atoms with Gasteiger partial charge in [-0.1, -0.05) is 13.0 Å². The van der Waals surface area contributed by atoms with E-state index in [1.54, 1.807) is 4.68 Å². The molecule has 142 valence electrons. The second-order valence-corrected chi connectivity index (χ2v) is 7.68. The molecule has 2 heterocycles. The number of carbonyl (C=O) groups excluding carboxylic acids is 1. The molecule has 4 rings (SSSR count). The molecule has 0 saturated carbocycles. The Hall–Kier alpha value is -2.63. The number of benzene rings is 1. The zero-order chi connectivity index (χ0) is 19.0. The van der Waals surface area contributed by atoms with Gasteiger partial charge in [-0.15, -0.1) is 0 Å². The fraction of sp³-hybridized carbons (Fsp3) is 0.476. The van der Waals surface area contributed by atoms with Crippen LogP contribution in [0.4, 0.5) is 0 Å². The quantitative estimate of drug-likeness (QED) is 0.729. The molecule has 0 fully saturated rings. The summed E-state index contributed by atoms with van der Waals surface area (Å²) in [5.41, 5.74) is 5.21. The van der Waals surface area contributed by atoms with Crippen LogP contribution in [0.3, 0.4) is 0 Å². The predicted octanol–water partition coefficient (Wildman–Crippen LogP) is 3.21. The number of hydrogen-bond acceptors (Lipinski definition) is 3. The number of hydrogen-bond donors (Lipinski definition) is 2. The third-order valence-electron chi connectivity index (χ3n) is 5.49. The van der Waals surface area contributed by atoms with Gasteiger partial charge in [0.25, 0.3) is 0 Å². The van der Waals surface area contributed by atoms with E-state index in [-0.39, 0.29) is 11.8 Å². The Morgan fingerprint density at radius 1 is 1.30 bits per heavy atom. The largest absolute Gasteiger partial charge is 0.358 e. The molecule has 1 amide bonds. The zero-order valence-corrected chi connectivity index (χ0v) is 16.3. The number of H-pyrrole nitrogens is 1. The van der Waals surface area contributed by atoms with E-state index in [2.05, 4.69) is 38.6 Å². The van der Waals surface area contributed by atoms with Gasteiger partial charge in [-0.05, 0) is 62.8 Å². The molecule has 3 aromatic rings. The van der Waals surface area contributed by atoms with E-state index in [1.807, 2.05) is 20.8 Å². The highest BCUT2D eigenvalue weighted by molar-refractivity contribution is 5.86. The highest BCUT2D eigenvalue weighted by atomic mass is 16.1. The molecule has 1 atom stereocenters. The predicted molar refractivity (Wildman–Crippen MR) is 105 cm³/mol. The van der Waals surface area contributed by atoms with E-state index in [9.17, 15) is 4.79 Å². The number of aryl methyl sites for hydroxylation is 4. The van der Waals surface area contributed by atoms with Crippen molar-refractivity contribution >= 4 is 16.8 Å². The van der Waals surface area contributed by atoms with Gasteiger partial charge < -0.3 is 10.3 Å². The lowest BCUT2D eigenvalue weighted by Gasteiger charge is -2.13. The van der Waals surface area contributed by atoms with Crippen molar-refractivity contribution in [3.63, 3.8) is 0 Å². The number of amides is 1. The molecule has 6 heteroatoms. The van der Waals surface area contributed by atoms with Crippen LogP contribution in [0.2, 0.25) is 0 Å². The fourth-order valence-electron chi connectivity index (χ4n) is 4.00. The standard InChI is InChI=1S/C21H27N5O/c1-13(12-26-15(3)23-14(2)25-26)21(27)22-11-16-8-9-20-18(10-16)17-6-4-5-7-19(17)24-20/h8-10,13,24H,4-7,11-12H2,1-3H3,(H,22,27). The molecule has 0 aliphatic heterocycles. The summed E-state index contributed by atoms with van der Waals surface area (Å²) in [5.74, 6) is 1.46. The SMILES string of the molecule is Cc1nc(C)n(CC(C)C(=O)NCc2ccc3[nH]c4c(c3c2)CCCC4)n1. The highest BCUT2D eigenvalue weighted by Gasteiger charge is 2.17. The third kappa shape index (κ3) is 3.61. The van der Waals surface area contributed by atoms with Gasteiger partial charge in [-0.2, -0.15) is 5.10 Å². The number of nitrogens with one attached hydrogen (secondary N) is 2. The van der Waals surface area contributed by atoms with Crippen molar-refractivity contribution in [2.45, 2.75) is 59.5 Å². The van der Waals surface area contributed by atoms with E-state index in [0.717, 1.165) is 30.1 Å². The van der Waals surface area contributed by atoms with Crippen LogP contribution in [0.25, 0.3) is 10.9 Å². The first-order chi connectivity index (χ1) is 13.0. The summed E-state index contributed by atoms with van der Waals surface area (Å²) in [5, 5.41) is 8.73. The molecule has 27 heavy (non-hydrogen) atoms. The molecule has 1 aromatic carbocycles. The Kier molecular flexibility index (Phi) is 4.72. The van der Waals surface area contributed by atoms with Crippen LogP contribution in [0, 0.1) is 19.8 Å². The van der Waals surface area contributed by atoms with Crippen molar-refractivity contribution in [3.8, 4) is 0 Å². The first kappa shape index (κ1) is 17.8. The number of fused-ring (bicyclic) bond motifs is 3. The first-order valence-corrected chi connectivity index (χ1v) is 9.79. The smallest absolute Gasteiger partial charge is 0.224 e.